The number of carbonyl (C=O) groups is 1. The summed E-state index contributed by atoms with van der Waals surface area (Å²) in [6.07, 6.45) is 0. The van der Waals surface area contributed by atoms with Crippen molar-refractivity contribution >= 4 is 21.9 Å². The zero-order chi connectivity index (χ0) is 14.5. The van der Waals surface area contributed by atoms with Crippen molar-refractivity contribution in [3.63, 3.8) is 0 Å². The molecule has 0 aromatic heterocycles. The molecule has 1 aromatic rings. The van der Waals surface area contributed by atoms with E-state index < -0.39 is 0 Å². The largest absolute Gasteiger partial charge is 0.465 e. The lowest BCUT2D eigenvalue weighted by Crippen LogP contribution is -2.47. The second-order valence-electron chi connectivity index (χ2n) is 4.95. The van der Waals surface area contributed by atoms with E-state index in [-0.39, 0.29) is 12.0 Å². The molecule has 20 heavy (non-hydrogen) atoms. The number of hydrogen-bond donors (Lipinski definition) is 1. The molecule has 1 atom stereocenters. The van der Waals surface area contributed by atoms with Gasteiger partial charge in [-0.1, -0.05) is 28.1 Å². The van der Waals surface area contributed by atoms with E-state index in [4.69, 9.17) is 4.74 Å². The van der Waals surface area contributed by atoms with E-state index >= 15 is 0 Å². The highest BCUT2D eigenvalue weighted by molar-refractivity contribution is 9.10. The third-order valence-electron chi connectivity index (χ3n) is 3.52. The minimum Gasteiger partial charge on any atom is -0.465 e. The maximum atomic E-state index is 12.3. The highest BCUT2D eigenvalue weighted by Crippen LogP contribution is 2.26. The van der Waals surface area contributed by atoms with Crippen molar-refractivity contribution in [1.82, 2.24) is 10.2 Å². The Morgan fingerprint density at radius 2 is 2.15 bits per heavy atom. The van der Waals surface area contributed by atoms with Crippen LogP contribution in [-0.2, 0) is 9.53 Å². The first kappa shape index (κ1) is 15.5. The first-order chi connectivity index (χ1) is 9.63. The summed E-state index contributed by atoms with van der Waals surface area (Å²) in [4.78, 5) is 14.5. The van der Waals surface area contributed by atoms with Crippen LogP contribution in [0.3, 0.4) is 0 Å². The molecule has 0 amide bonds. The van der Waals surface area contributed by atoms with Crippen LogP contribution >= 0.6 is 15.9 Å². The number of rotatable bonds is 4. The van der Waals surface area contributed by atoms with Gasteiger partial charge >= 0.3 is 5.97 Å². The summed E-state index contributed by atoms with van der Waals surface area (Å²) in [7, 11) is 0. The van der Waals surface area contributed by atoms with Gasteiger partial charge in [-0.3, -0.25) is 4.90 Å². The molecule has 1 fully saturated rings. The number of nitrogens with one attached hydrogen (secondary N) is 1. The van der Waals surface area contributed by atoms with E-state index in [0.717, 1.165) is 41.8 Å². The van der Waals surface area contributed by atoms with Crippen molar-refractivity contribution < 1.29 is 9.53 Å². The van der Waals surface area contributed by atoms with Gasteiger partial charge in [0.2, 0.25) is 0 Å². The Morgan fingerprint density at radius 3 is 2.75 bits per heavy atom. The van der Waals surface area contributed by atoms with E-state index in [1.807, 2.05) is 26.0 Å². The molecular formula is C15H21BrN2O2. The smallest absolute Gasteiger partial charge is 0.328 e. The fourth-order valence-corrected chi connectivity index (χ4v) is 2.74. The number of ether oxygens (including phenoxy) is 1. The summed E-state index contributed by atoms with van der Waals surface area (Å²) >= 11 is 3.50. The second-order valence-corrected chi connectivity index (χ2v) is 5.80. The van der Waals surface area contributed by atoms with Crippen molar-refractivity contribution in [3.8, 4) is 0 Å². The molecule has 0 saturated carbocycles. The first-order valence-electron chi connectivity index (χ1n) is 7.01. The highest BCUT2D eigenvalue weighted by Gasteiger charge is 2.30. The van der Waals surface area contributed by atoms with Crippen molar-refractivity contribution in [2.24, 2.45) is 0 Å². The Labute approximate surface area is 128 Å². The highest BCUT2D eigenvalue weighted by atomic mass is 79.9. The van der Waals surface area contributed by atoms with Gasteiger partial charge in [0.1, 0.15) is 6.04 Å². The molecule has 0 radical (unpaired) electrons. The van der Waals surface area contributed by atoms with Gasteiger partial charge in [0, 0.05) is 30.7 Å². The summed E-state index contributed by atoms with van der Waals surface area (Å²) in [6.45, 7) is 7.83. The normalized spacial score (nSPS) is 17.8. The maximum absolute atomic E-state index is 12.3. The lowest BCUT2D eigenvalue weighted by molar-refractivity contribution is -0.150. The molecule has 1 N–H and O–H groups in total. The van der Waals surface area contributed by atoms with Gasteiger partial charge in [0.25, 0.3) is 0 Å². The summed E-state index contributed by atoms with van der Waals surface area (Å²) < 4.78 is 6.33. The van der Waals surface area contributed by atoms with Crippen LogP contribution in [0.4, 0.5) is 0 Å². The topological polar surface area (TPSA) is 41.6 Å². The molecule has 1 unspecified atom stereocenters. The number of aryl methyl sites for hydroxylation is 1. The first-order valence-corrected chi connectivity index (χ1v) is 7.80. The van der Waals surface area contributed by atoms with Crippen molar-refractivity contribution in [3.05, 3.63) is 33.8 Å². The van der Waals surface area contributed by atoms with E-state index in [1.54, 1.807) is 0 Å². The van der Waals surface area contributed by atoms with Crippen LogP contribution in [0.2, 0.25) is 0 Å². The maximum Gasteiger partial charge on any atom is 0.328 e. The van der Waals surface area contributed by atoms with Crippen LogP contribution in [-0.4, -0.2) is 43.7 Å². The Kier molecular flexibility index (Phi) is 5.57. The van der Waals surface area contributed by atoms with Gasteiger partial charge in [0.05, 0.1) is 6.61 Å². The third-order valence-corrected chi connectivity index (χ3v) is 4.41. The minimum absolute atomic E-state index is 0.156. The molecule has 1 aromatic carbocycles. The molecule has 0 spiro atoms. The molecule has 1 saturated heterocycles. The molecule has 0 bridgehead atoms. The number of halogens is 1. The fourth-order valence-electron chi connectivity index (χ4n) is 2.50. The molecule has 0 aliphatic carbocycles. The average molecular weight is 341 g/mol. The Morgan fingerprint density at radius 1 is 1.45 bits per heavy atom. The van der Waals surface area contributed by atoms with E-state index in [0.29, 0.717) is 6.61 Å². The van der Waals surface area contributed by atoms with E-state index in [1.165, 1.54) is 0 Å². The average Bonchev–Trinajstić information content (AvgIpc) is 2.44. The van der Waals surface area contributed by atoms with Crippen LogP contribution in [0.1, 0.15) is 24.1 Å². The van der Waals surface area contributed by atoms with Crippen LogP contribution in [0, 0.1) is 6.92 Å². The van der Waals surface area contributed by atoms with Gasteiger partial charge in [-0.15, -0.1) is 0 Å². The second kappa shape index (κ2) is 7.20. The summed E-state index contributed by atoms with van der Waals surface area (Å²) in [5.74, 6) is -0.156. The van der Waals surface area contributed by atoms with Crippen LogP contribution in [0.5, 0.6) is 0 Å². The predicted molar refractivity (Wildman–Crippen MR) is 82.7 cm³/mol. The molecule has 1 aliphatic rings. The van der Waals surface area contributed by atoms with Gasteiger partial charge in [0.15, 0.2) is 0 Å². The van der Waals surface area contributed by atoms with Crippen LogP contribution < -0.4 is 5.32 Å². The molecule has 1 aliphatic heterocycles. The van der Waals surface area contributed by atoms with E-state index in [2.05, 4.69) is 32.2 Å². The molecule has 110 valence electrons. The number of piperazine rings is 1. The molecule has 2 rings (SSSR count). The number of hydrogen-bond acceptors (Lipinski definition) is 4. The van der Waals surface area contributed by atoms with Crippen molar-refractivity contribution in [2.75, 3.05) is 32.8 Å². The molecular weight excluding hydrogens is 320 g/mol. The SMILES string of the molecule is CCOC(=O)C(c1ccc(Br)c(C)c1)N1CCNCC1. The zero-order valence-electron chi connectivity index (χ0n) is 12.0. The van der Waals surface area contributed by atoms with Gasteiger partial charge in [-0.25, -0.2) is 4.79 Å². The monoisotopic (exact) mass is 340 g/mol. The van der Waals surface area contributed by atoms with Crippen molar-refractivity contribution in [2.45, 2.75) is 19.9 Å². The Balaban J connectivity index is 2.28. The van der Waals surface area contributed by atoms with Gasteiger partial charge < -0.3 is 10.1 Å². The molecule has 5 heteroatoms. The number of nitrogens with zero attached hydrogens (tertiary/aromatic N) is 1. The summed E-state index contributed by atoms with van der Waals surface area (Å²) in [5, 5.41) is 3.31. The lowest BCUT2D eigenvalue weighted by Gasteiger charge is -2.33. The van der Waals surface area contributed by atoms with Crippen LogP contribution in [0.15, 0.2) is 22.7 Å². The predicted octanol–water partition coefficient (Wildman–Crippen LogP) is 2.27. The van der Waals surface area contributed by atoms with Crippen LogP contribution in [0.25, 0.3) is 0 Å². The number of benzene rings is 1. The number of esters is 1. The Hall–Kier alpha value is -0.910. The fraction of sp³-hybridized carbons (Fsp3) is 0.533. The van der Waals surface area contributed by atoms with Gasteiger partial charge in [-0.2, -0.15) is 0 Å². The molecule has 4 nitrogen and oxygen atoms in total. The number of carbonyl (C=O) groups excluding carboxylic acids is 1. The molecule has 1 heterocycles. The van der Waals surface area contributed by atoms with Crippen molar-refractivity contribution in [1.29, 1.82) is 0 Å². The Bertz CT molecular complexity index is 473. The zero-order valence-corrected chi connectivity index (χ0v) is 13.6. The quantitative estimate of drug-likeness (QED) is 0.853. The third kappa shape index (κ3) is 3.59. The minimum atomic E-state index is -0.302. The summed E-state index contributed by atoms with van der Waals surface area (Å²) in [6, 6.07) is 5.76. The summed E-state index contributed by atoms with van der Waals surface area (Å²) in [5.41, 5.74) is 2.14. The lowest BCUT2D eigenvalue weighted by atomic mass is 10.0. The van der Waals surface area contributed by atoms with E-state index in [9.17, 15) is 4.79 Å². The standard InChI is InChI=1S/C15H21BrN2O2/c1-3-20-15(19)14(18-8-6-17-7-9-18)12-4-5-13(16)11(2)10-12/h4-5,10,14,17H,3,6-9H2,1-2H3. The van der Waals surface area contributed by atoms with Gasteiger partial charge in [-0.05, 0) is 31.0 Å².